The van der Waals surface area contributed by atoms with Gasteiger partial charge in [-0.2, -0.15) is 5.10 Å². The zero-order chi connectivity index (χ0) is 12.7. The molecule has 0 amide bonds. The van der Waals surface area contributed by atoms with Crippen LogP contribution in [0.5, 0.6) is 0 Å². The summed E-state index contributed by atoms with van der Waals surface area (Å²) < 4.78 is 1.77. The second kappa shape index (κ2) is 4.05. The van der Waals surface area contributed by atoms with Gasteiger partial charge in [-0.05, 0) is 31.4 Å². The van der Waals surface area contributed by atoms with E-state index in [1.807, 2.05) is 13.2 Å². The minimum Gasteiger partial charge on any atom is -0.394 e. The van der Waals surface area contributed by atoms with Gasteiger partial charge in [0.15, 0.2) is 5.82 Å². The van der Waals surface area contributed by atoms with Crippen molar-refractivity contribution in [2.45, 2.75) is 19.8 Å². The van der Waals surface area contributed by atoms with Crippen LogP contribution in [0.1, 0.15) is 17.5 Å². The highest BCUT2D eigenvalue weighted by molar-refractivity contribution is 5.73. The van der Waals surface area contributed by atoms with Gasteiger partial charge < -0.3 is 10.6 Å². The van der Waals surface area contributed by atoms with Gasteiger partial charge in [-0.1, -0.05) is 17.7 Å². The average molecular weight is 242 g/mol. The molecule has 4 nitrogen and oxygen atoms in total. The Balaban J connectivity index is 2.08. The fraction of sp³-hybridized carbons (Fsp3) is 0.357. The lowest BCUT2D eigenvalue weighted by Gasteiger charge is -2.30. The Bertz CT molecular complexity index is 585. The number of anilines is 3. The molecule has 0 saturated heterocycles. The molecule has 0 radical (unpaired) electrons. The summed E-state index contributed by atoms with van der Waals surface area (Å²) in [4.78, 5) is 2.23. The molecule has 0 atom stereocenters. The van der Waals surface area contributed by atoms with Gasteiger partial charge in [-0.25, -0.2) is 0 Å². The summed E-state index contributed by atoms with van der Waals surface area (Å²) >= 11 is 0. The van der Waals surface area contributed by atoms with Crippen LogP contribution in [0.15, 0.2) is 24.4 Å². The monoisotopic (exact) mass is 242 g/mol. The van der Waals surface area contributed by atoms with E-state index in [9.17, 15) is 0 Å². The van der Waals surface area contributed by atoms with Gasteiger partial charge in [-0.15, -0.1) is 0 Å². The summed E-state index contributed by atoms with van der Waals surface area (Å²) in [6.45, 7) is 3.12. The molecule has 2 N–H and O–H groups in total. The third-order valence-electron chi connectivity index (χ3n) is 3.45. The number of nitrogens with two attached hydrogens (primary N) is 1. The number of nitrogens with zero attached hydrogens (tertiary/aromatic N) is 3. The lowest BCUT2D eigenvalue weighted by Crippen LogP contribution is -2.25. The summed E-state index contributed by atoms with van der Waals surface area (Å²) in [5.41, 5.74) is 10.7. The fourth-order valence-electron chi connectivity index (χ4n) is 2.65. The van der Waals surface area contributed by atoms with Crippen molar-refractivity contribution in [2.75, 3.05) is 17.2 Å². The van der Waals surface area contributed by atoms with Crippen LogP contribution in [0.4, 0.5) is 17.2 Å². The van der Waals surface area contributed by atoms with Crippen molar-refractivity contribution >= 4 is 17.2 Å². The maximum Gasteiger partial charge on any atom is 0.178 e. The number of hydrogen-bond donors (Lipinski definition) is 1. The van der Waals surface area contributed by atoms with E-state index in [2.05, 4.69) is 35.1 Å². The van der Waals surface area contributed by atoms with E-state index in [1.165, 1.54) is 16.8 Å². The number of nitrogen functional groups attached to an aromatic ring is 1. The van der Waals surface area contributed by atoms with Crippen molar-refractivity contribution in [3.05, 3.63) is 35.5 Å². The number of aryl methyl sites for hydroxylation is 3. The third-order valence-corrected chi connectivity index (χ3v) is 3.45. The molecular formula is C14H18N4. The maximum atomic E-state index is 6.03. The standard InChI is InChI=1S/C14H18N4/c1-10-5-6-13-11(8-10)4-3-7-18(13)14-12(15)9-17(2)16-14/h5-6,8-9H,3-4,7,15H2,1-2H3. The van der Waals surface area contributed by atoms with Crippen LogP contribution in [0.25, 0.3) is 0 Å². The normalized spacial score (nSPS) is 14.7. The number of aromatic nitrogens is 2. The first-order chi connectivity index (χ1) is 8.65. The Morgan fingerprint density at radius 2 is 2.17 bits per heavy atom. The SMILES string of the molecule is Cc1ccc2c(c1)CCCN2c1nn(C)cc1N. The summed E-state index contributed by atoms with van der Waals surface area (Å²) in [5, 5.41) is 4.47. The predicted molar refractivity (Wildman–Crippen MR) is 74.1 cm³/mol. The van der Waals surface area contributed by atoms with Gasteiger partial charge in [-0.3, -0.25) is 4.68 Å². The Hall–Kier alpha value is -1.97. The molecule has 0 bridgehead atoms. The molecule has 0 saturated carbocycles. The molecule has 1 aliphatic rings. The summed E-state index contributed by atoms with van der Waals surface area (Å²) in [6, 6.07) is 6.59. The van der Waals surface area contributed by atoms with Crippen molar-refractivity contribution in [1.82, 2.24) is 9.78 Å². The van der Waals surface area contributed by atoms with E-state index in [1.54, 1.807) is 4.68 Å². The zero-order valence-corrected chi connectivity index (χ0v) is 10.8. The molecule has 1 aromatic heterocycles. The average Bonchev–Trinajstić information content (AvgIpc) is 2.67. The Labute approximate surface area is 107 Å². The molecule has 3 rings (SSSR count). The van der Waals surface area contributed by atoms with E-state index in [0.29, 0.717) is 0 Å². The molecule has 1 aliphatic heterocycles. The molecule has 0 fully saturated rings. The molecule has 4 heteroatoms. The van der Waals surface area contributed by atoms with Crippen molar-refractivity contribution in [2.24, 2.45) is 7.05 Å². The fourth-order valence-corrected chi connectivity index (χ4v) is 2.65. The lowest BCUT2D eigenvalue weighted by molar-refractivity contribution is 0.727. The quantitative estimate of drug-likeness (QED) is 0.835. The van der Waals surface area contributed by atoms with E-state index in [0.717, 1.165) is 30.9 Å². The lowest BCUT2D eigenvalue weighted by atomic mass is 9.99. The topological polar surface area (TPSA) is 47.1 Å². The second-order valence-corrected chi connectivity index (χ2v) is 4.97. The van der Waals surface area contributed by atoms with Crippen LogP contribution < -0.4 is 10.6 Å². The highest BCUT2D eigenvalue weighted by atomic mass is 15.3. The minimum absolute atomic E-state index is 0.742. The molecular weight excluding hydrogens is 224 g/mol. The van der Waals surface area contributed by atoms with Gasteiger partial charge in [0.25, 0.3) is 0 Å². The Morgan fingerprint density at radius 1 is 1.33 bits per heavy atom. The van der Waals surface area contributed by atoms with Crippen LogP contribution in [-0.4, -0.2) is 16.3 Å². The van der Waals surface area contributed by atoms with E-state index < -0.39 is 0 Å². The Kier molecular flexibility index (Phi) is 2.51. The van der Waals surface area contributed by atoms with Crippen molar-refractivity contribution in [3.63, 3.8) is 0 Å². The second-order valence-electron chi connectivity index (χ2n) is 4.97. The van der Waals surface area contributed by atoms with Crippen LogP contribution in [0.3, 0.4) is 0 Å². The van der Waals surface area contributed by atoms with E-state index in [4.69, 9.17) is 5.73 Å². The molecule has 94 valence electrons. The largest absolute Gasteiger partial charge is 0.394 e. The highest BCUT2D eigenvalue weighted by Gasteiger charge is 2.21. The van der Waals surface area contributed by atoms with Crippen LogP contribution >= 0.6 is 0 Å². The van der Waals surface area contributed by atoms with Crippen LogP contribution in [-0.2, 0) is 13.5 Å². The first-order valence-electron chi connectivity index (χ1n) is 6.31. The van der Waals surface area contributed by atoms with Gasteiger partial charge in [0, 0.05) is 25.5 Å². The molecule has 0 unspecified atom stereocenters. The predicted octanol–water partition coefficient (Wildman–Crippen LogP) is 2.40. The van der Waals surface area contributed by atoms with Gasteiger partial charge in [0.05, 0.1) is 5.69 Å². The number of rotatable bonds is 1. The molecule has 1 aromatic carbocycles. The summed E-state index contributed by atoms with van der Waals surface area (Å²) in [6.07, 6.45) is 4.14. The van der Waals surface area contributed by atoms with Gasteiger partial charge >= 0.3 is 0 Å². The van der Waals surface area contributed by atoms with E-state index in [-0.39, 0.29) is 0 Å². The molecule has 0 aliphatic carbocycles. The Morgan fingerprint density at radius 3 is 2.89 bits per heavy atom. The van der Waals surface area contributed by atoms with E-state index >= 15 is 0 Å². The summed E-state index contributed by atoms with van der Waals surface area (Å²) in [7, 11) is 1.90. The number of hydrogen-bond acceptors (Lipinski definition) is 3. The summed E-state index contributed by atoms with van der Waals surface area (Å²) in [5.74, 6) is 0.877. The van der Waals surface area contributed by atoms with Gasteiger partial charge in [0.2, 0.25) is 0 Å². The molecule has 2 heterocycles. The maximum absolute atomic E-state index is 6.03. The molecule has 18 heavy (non-hydrogen) atoms. The van der Waals surface area contributed by atoms with Crippen molar-refractivity contribution < 1.29 is 0 Å². The first kappa shape index (κ1) is 11.1. The first-order valence-corrected chi connectivity index (χ1v) is 6.31. The smallest absolute Gasteiger partial charge is 0.178 e. The van der Waals surface area contributed by atoms with Gasteiger partial charge in [0.1, 0.15) is 0 Å². The molecule has 0 spiro atoms. The zero-order valence-electron chi connectivity index (χ0n) is 10.8. The van der Waals surface area contributed by atoms with Crippen LogP contribution in [0, 0.1) is 6.92 Å². The van der Waals surface area contributed by atoms with Crippen LogP contribution in [0.2, 0.25) is 0 Å². The molecule has 2 aromatic rings. The third kappa shape index (κ3) is 1.74. The van der Waals surface area contributed by atoms with Crippen molar-refractivity contribution in [3.8, 4) is 0 Å². The highest BCUT2D eigenvalue weighted by Crippen LogP contribution is 2.35. The number of benzene rings is 1. The minimum atomic E-state index is 0.742. The van der Waals surface area contributed by atoms with Crippen molar-refractivity contribution in [1.29, 1.82) is 0 Å². The number of fused-ring (bicyclic) bond motifs is 1.